The molecule has 0 aromatic heterocycles. The SMILES string of the molecule is CC(C)[C@]12SSSC3(C(=O)N1C)C(O)[C@]1(C45c6ccccc6N[C@H]4N4C(=O)[C@@]6(CO)SSC4(C(=O)N6C)C5O)c4ccccc4N[C@@H]1N3C2=O. The number of carbonyl (C=O) groups is 4. The van der Waals surface area contributed by atoms with Crippen LogP contribution in [-0.2, 0) is 30.0 Å². The van der Waals surface area contributed by atoms with E-state index < -0.39 is 79.2 Å². The molecule has 5 N–H and O–H groups in total. The number of carbonyl (C=O) groups excluding carboxylic acids is 4. The second kappa shape index (κ2) is 9.55. The number of hydrogen-bond acceptors (Lipinski definition) is 14. The molecule has 5 unspecified atom stereocenters. The summed E-state index contributed by atoms with van der Waals surface area (Å²) >= 11 is 0. The second-order valence-electron chi connectivity index (χ2n) is 14.4. The molecule has 12 rings (SSSR count). The highest BCUT2D eigenvalue weighted by molar-refractivity contribution is 9.10. The fraction of sp³-hybridized carbons (Fsp3) is 0.500. The van der Waals surface area contributed by atoms with Gasteiger partial charge in [-0.25, -0.2) is 0 Å². The topological polar surface area (TPSA) is 166 Å². The highest BCUT2D eigenvalue weighted by Gasteiger charge is 2.92. The zero-order valence-corrected chi connectivity index (χ0v) is 31.1. The van der Waals surface area contributed by atoms with Gasteiger partial charge in [-0.1, -0.05) is 50.2 Å². The summed E-state index contributed by atoms with van der Waals surface area (Å²) in [5.74, 6) is -2.23. The molecule has 0 radical (unpaired) electrons. The molecule has 0 aliphatic carbocycles. The Kier molecular flexibility index (Phi) is 6.16. The minimum atomic E-state index is -1.88. The lowest BCUT2D eigenvalue weighted by molar-refractivity contribution is -0.169. The van der Waals surface area contributed by atoms with E-state index in [2.05, 4.69) is 10.6 Å². The molecule has 2 aromatic rings. The first-order chi connectivity index (χ1) is 23.8. The number of nitrogens with zero attached hydrogens (tertiary/aromatic N) is 4. The van der Waals surface area contributed by atoms with Gasteiger partial charge in [-0.05, 0) is 82.2 Å². The van der Waals surface area contributed by atoms with Crippen LogP contribution in [0.1, 0.15) is 25.0 Å². The van der Waals surface area contributed by atoms with E-state index in [0.717, 1.165) is 32.4 Å². The lowest BCUT2D eigenvalue weighted by atomic mass is 9.52. The molecule has 10 aliphatic rings. The number of fused-ring (bicyclic) bond motifs is 12. The van der Waals surface area contributed by atoms with Crippen LogP contribution in [0, 0.1) is 5.92 Å². The Morgan fingerprint density at radius 1 is 0.700 bits per heavy atom. The van der Waals surface area contributed by atoms with Crippen molar-refractivity contribution in [2.24, 2.45) is 5.92 Å². The van der Waals surface area contributed by atoms with Crippen molar-refractivity contribution in [3.8, 4) is 0 Å². The second-order valence-corrected chi connectivity index (χ2v) is 21.4. The lowest BCUT2D eigenvalue weighted by Crippen LogP contribution is -2.79. The fourth-order valence-corrected chi connectivity index (χ4v) is 20.5. The molecule has 2 aromatic carbocycles. The highest BCUT2D eigenvalue weighted by atomic mass is 33.5. The monoisotopic (exact) mass is 772 g/mol. The van der Waals surface area contributed by atoms with Crippen molar-refractivity contribution >= 4 is 88.0 Å². The normalized spacial score (nSPS) is 44.6. The summed E-state index contributed by atoms with van der Waals surface area (Å²) in [4.78, 5) is 58.8. The Hall–Kier alpha value is -2.45. The number of anilines is 2. The first-order valence-electron chi connectivity index (χ1n) is 16.2. The molecular formula is C32H32N6O7S5. The van der Waals surface area contributed by atoms with Crippen LogP contribution in [-0.4, -0.2) is 123 Å². The molecule has 18 heteroatoms. The largest absolute Gasteiger partial charge is 0.392 e. The van der Waals surface area contributed by atoms with E-state index >= 15 is 9.59 Å². The number of likely N-dealkylation sites (N-methyl/N-ethyl adjacent to an activating group) is 2. The molecule has 262 valence electrons. The summed E-state index contributed by atoms with van der Waals surface area (Å²) in [6.07, 6.45) is -5.59. The Morgan fingerprint density at radius 3 is 1.74 bits per heavy atom. The van der Waals surface area contributed by atoms with Crippen molar-refractivity contribution in [3.63, 3.8) is 0 Å². The number of piperazine rings is 2. The third-order valence-corrected chi connectivity index (χ3v) is 21.6. The van der Waals surface area contributed by atoms with Crippen molar-refractivity contribution in [2.45, 2.75) is 68.7 Å². The van der Waals surface area contributed by atoms with Crippen LogP contribution in [0.15, 0.2) is 48.5 Å². The predicted octanol–water partition coefficient (Wildman–Crippen LogP) is 1.59. The lowest BCUT2D eigenvalue weighted by Gasteiger charge is -2.58. The molecule has 4 bridgehead atoms. The third kappa shape index (κ3) is 2.77. The summed E-state index contributed by atoms with van der Waals surface area (Å²) in [7, 11) is 8.86. The van der Waals surface area contributed by atoms with E-state index in [1.807, 2.05) is 56.3 Å². The molecule has 10 aliphatic heterocycles. The summed E-state index contributed by atoms with van der Waals surface area (Å²) in [5.41, 5.74) is -1.17. The van der Waals surface area contributed by atoms with Gasteiger partial charge in [0.25, 0.3) is 23.6 Å². The Bertz CT molecular complexity index is 2000. The molecule has 8 fully saturated rings. The van der Waals surface area contributed by atoms with Crippen molar-refractivity contribution in [1.82, 2.24) is 19.6 Å². The Morgan fingerprint density at radius 2 is 1.20 bits per heavy atom. The minimum absolute atomic E-state index is 0.317. The van der Waals surface area contributed by atoms with Crippen molar-refractivity contribution in [3.05, 3.63) is 59.7 Å². The van der Waals surface area contributed by atoms with Gasteiger partial charge < -0.3 is 35.8 Å². The highest BCUT2D eigenvalue weighted by Crippen LogP contribution is 2.78. The van der Waals surface area contributed by atoms with Crippen LogP contribution in [0.4, 0.5) is 11.4 Å². The number of benzene rings is 2. The summed E-state index contributed by atoms with van der Waals surface area (Å²) < 4.78 is 0. The fourth-order valence-electron chi connectivity index (χ4n) is 10.5. The quantitative estimate of drug-likeness (QED) is 0.286. The Labute approximate surface area is 306 Å². The maximum absolute atomic E-state index is 15.3. The van der Waals surface area contributed by atoms with E-state index in [9.17, 15) is 24.9 Å². The number of para-hydroxylation sites is 2. The minimum Gasteiger partial charge on any atom is -0.392 e. The van der Waals surface area contributed by atoms with E-state index in [1.54, 1.807) is 13.1 Å². The summed E-state index contributed by atoms with van der Waals surface area (Å²) in [5, 5.41) is 44.7. The first-order valence-corrected chi connectivity index (χ1v) is 21.8. The first kappa shape index (κ1) is 32.2. The van der Waals surface area contributed by atoms with Crippen LogP contribution < -0.4 is 10.6 Å². The van der Waals surface area contributed by atoms with E-state index in [1.165, 1.54) is 47.3 Å². The van der Waals surface area contributed by atoms with E-state index in [4.69, 9.17) is 0 Å². The molecule has 50 heavy (non-hydrogen) atoms. The summed E-state index contributed by atoms with van der Waals surface area (Å²) in [6.45, 7) is 3.14. The van der Waals surface area contributed by atoms with Gasteiger partial charge in [-0.3, -0.25) is 29.0 Å². The maximum Gasteiger partial charge on any atom is 0.265 e. The molecule has 13 nitrogen and oxygen atoms in total. The van der Waals surface area contributed by atoms with Crippen LogP contribution >= 0.6 is 53.0 Å². The Balaban J connectivity index is 1.34. The maximum atomic E-state index is 15.3. The average molecular weight is 773 g/mol. The predicted molar refractivity (Wildman–Crippen MR) is 193 cm³/mol. The average Bonchev–Trinajstić information content (AvgIpc) is 3.70. The number of rotatable bonds is 3. The molecule has 2 spiro atoms. The van der Waals surface area contributed by atoms with Crippen molar-refractivity contribution in [2.75, 3.05) is 31.3 Å². The van der Waals surface area contributed by atoms with Gasteiger partial charge in [0.2, 0.25) is 14.6 Å². The van der Waals surface area contributed by atoms with Gasteiger partial charge in [-0.2, -0.15) is 0 Å². The van der Waals surface area contributed by atoms with Crippen LogP contribution in [0.25, 0.3) is 0 Å². The van der Waals surface area contributed by atoms with Crippen molar-refractivity contribution < 1.29 is 34.5 Å². The molecular weight excluding hydrogens is 741 g/mol. The molecule has 10 heterocycles. The number of amides is 4. The van der Waals surface area contributed by atoms with E-state index in [-0.39, 0.29) is 11.8 Å². The zero-order valence-electron chi connectivity index (χ0n) is 27.0. The van der Waals surface area contributed by atoms with Crippen molar-refractivity contribution in [1.29, 1.82) is 0 Å². The number of aliphatic hydroxyl groups excluding tert-OH is 3. The molecule has 10 atom stereocenters. The molecule has 4 amide bonds. The van der Waals surface area contributed by atoms with Crippen LogP contribution in [0.2, 0.25) is 0 Å². The number of aliphatic hydroxyl groups is 3. The van der Waals surface area contributed by atoms with Crippen LogP contribution in [0.3, 0.4) is 0 Å². The number of nitrogens with one attached hydrogen (secondary N) is 2. The van der Waals surface area contributed by atoms with Gasteiger partial charge in [-0.15, -0.1) is 0 Å². The van der Waals surface area contributed by atoms with Gasteiger partial charge in [0.15, 0.2) is 4.87 Å². The smallest absolute Gasteiger partial charge is 0.265 e. The standard InChI is InChI=1S/C32H32N6O7S5/c1-14(2)30-26(45)38-22-29(16-10-6-8-12-18(16)34-22,20(41)32(38,49-50-48-30)25(44)36(30)4)28-15-9-5-7-11-17(15)33-21(28)37-23(42)27(13-39)35(3)24(43)31(37,19(28)40)47-46-27/h5-12,14,19-22,33-34,39-41H,13H2,1-4H3/t19?,20?,21-,22+,27+,28?,29+,30+,31?,32?/m0/s1. The van der Waals surface area contributed by atoms with Gasteiger partial charge in [0, 0.05) is 25.5 Å². The molecule has 0 saturated carbocycles. The van der Waals surface area contributed by atoms with Gasteiger partial charge in [0.05, 0.1) is 17.4 Å². The summed E-state index contributed by atoms with van der Waals surface area (Å²) in [6, 6.07) is 14.6. The zero-order chi connectivity index (χ0) is 35.1. The molecule has 8 saturated heterocycles. The van der Waals surface area contributed by atoms with Gasteiger partial charge in [0.1, 0.15) is 24.5 Å². The number of hydrogen-bond donors (Lipinski definition) is 5. The van der Waals surface area contributed by atoms with Gasteiger partial charge >= 0.3 is 0 Å². The van der Waals surface area contributed by atoms with Crippen LogP contribution in [0.5, 0.6) is 0 Å². The third-order valence-electron chi connectivity index (χ3n) is 12.7. The van der Waals surface area contributed by atoms with E-state index in [0.29, 0.717) is 22.5 Å².